The van der Waals surface area contributed by atoms with Crippen molar-refractivity contribution >= 4 is 17.3 Å². The van der Waals surface area contributed by atoms with Gasteiger partial charge in [-0.25, -0.2) is 14.8 Å². The number of ether oxygens (including phenoxy) is 1. The summed E-state index contributed by atoms with van der Waals surface area (Å²) in [7, 11) is 0. The van der Waals surface area contributed by atoms with E-state index < -0.39 is 5.97 Å². The van der Waals surface area contributed by atoms with Gasteiger partial charge in [0, 0.05) is 35.4 Å². The van der Waals surface area contributed by atoms with Crippen molar-refractivity contribution in [2.45, 2.75) is 53.2 Å². The predicted molar refractivity (Wildman–Crippen MR) is 142 cm³/mol. The molecule has 0 fully saturated rings. The number of carboxylic acids is 1. The first-order chi connectivity index (χ1) is 17.0. The van der Waals surface area contributed by atoms with Crippen LogP contribution in [0.15, 0.2) is 71.9 Å². The first-order valence-electron chi connectivity index (χ1n) is 11.9. The van der Waals surface area contributed by atoms with E-state index in [4.69, 9.17) is 9.84 Å². The van der Waals surface area contributed by atoms with Crippen LogP contribution in [0.2, 0.25) is 0 Å². The largest absolute Gasteiger partial charge is 0.478 e. The second-order valence-corrected chi connectivity index (χ2v) is 9.16. The summed E-state index contributed by atoms with van der Waals surface area (Å²) in [4.78, 5) is 19.6. The Kier molecular flexibility index (Phi) is 10.0. The number of nitrogens with one attached hydrogen (secondary N) is 1. The molecule has 0 saturated carbocycles. The van der Waals surface area contributed by atoms with Crippen molar-refractivity contribution in [1.82, 2.24) is 15.3 Å². The Labute approximate surface area is 211 Å². The molecule has 0 amide bonds. The maximum absolute atomic E-state index is 10.9. The molecule has 7 heteroatoms. The van der Waals surface area contributed by atoms with E-state index in [-0.39, 0.29) is 12.2 Å². The van der Waals surface area contributed by atoms with Gasteiger partial charge in [0.2, 0.25) is 5.88 Å². The number of nitrogens with zero attached hydrogens (tertiary/aromatic N) is 2. The zero-order chi connectivity index (χ0) is 25.0. The average molecular weight is 492 g/mol. The van der Waals surface area contributed by atoms with Crippen molar-refractivity contribution in [3.8, 4) is 17.1 Å². The number of hydrogen-bond acceptors (Lipinski definition) is 6. The van der Waals surface area contributed by atoms with E-state index >= 15 is 0 Å². The predicted octanol–water partition coefficient (Wildman–Crippen LogP) is 6.86. The summed E-state index contributed by atoms with van der Waals surface area (Å²) in [6.45, 7) is 7.60. The summed E-state index contributed by atoms with van der Waals surface area (Å²) >= 11 is 1.52. The second kappa shape index (κ2) is 13.4. The molecule has 0 aliphatic rings. The van der Waals surface area contributed by atoms with Gasteiger partial charge in [-0.2, -0.15) is 0 Å². The molecule has 0 unspecified atom stereocenters. The van der Waals surface area contributed by atoms with Gasteiger partial charge in [-0.1, -0.05) is 63.1 Å². The van der Waals surface area contributed by atoms with Gasteiger partial charge in [0.15, 0.2) is 0 Å². The highest BCUT2D eigenvalue weighted by atomic mass is 32.1. The van der Waals surface area contributed by atoms with Crippen molar-refractivity contribution in [3.05, 3.63) is 88.0 Å². The number of thiazole rings is 1. The third kappa shape index (κ3) is 8.07. The number of aromatic carboxylic acids is 1. The fourth-order valence-electron chi connectivity index (χ4n) is 3.50. The first kappa shape index (κ1) is 26.2. The summed E-state index contributed by atoms with van der Waals surface area (Å²) in [6.07, 6.45) is 11.4. The molecule has 0 aliphatic heterocycles. The van der Waals surface area contributed by atoms with Crippen LogP contribution in [0.3, 0.4) is 0 Å². The third-order valence-corrected chi connectivity index (χ3v) is 6.68. The lowest BCUT2D eigenvalue weighted by molar-refractivity contribution is 0.0696. The van der Waals surface area contributed by atoms with E-state index in [1.165, 1.54) is 42.0 Å². The number of aromatic nitrogens is 2. The molecular weight excluding hydrogens is 458 g/mol. The smallest absolute Gasteiger partial charge is 0.337 e. The zero-order valence-corrected chi connectivity index (χ0v) is 21.3. The van der Waals surface area contributed by atoms with Crippen LogP contribution >= 0.6 is 11.3 Å². The molecule has 6 nitrogen and oxygen atoms in total. The van der Waals surface area contributed by atoms with Crippen LogP contribution in [0.4, 0.5) is 0 Å². The molecule has 2 heterocycles. The summed E-state index contributed by atoms with van der Waals surface area (Å²) < 4.78 is 5.64. The first-order valence-corrected chi connectivity index (χ1v) is 12.8. The number of carboxylic acid groups (broad SMARTS) is 1. The monoisotopic (exact) mass is 491 g/mol. The van der Waals surface area contributed by atoms with E-state index in [2.05, 4.69) is 78.5 Å². The molecule has 184 valence electrons. The van der Waals surface area contributed by atoms with E-state index in [0.717, 1.165) is 40.8 Å². The number of pyridine rings is 1. The molecule has 35 heavy (non-hydrogen) atoms. The molecule has 0 radical (unpaired) electrons. The van der Waals surface area contributed by atoms with Crippen LogP contribution in [0, 0.1) is 5.92 Å². The molecular formula is C28H33N3O3S. The zero-order valence-electron chi connectivity index (χ0n) is 20.5. The van der Waals surface area contributed by atoms with Gasteiger partial charge in [-0.05, 0) is 37.0 Å². The van der Waals surface area contributed by atoms with Crippen LogP contribution in [-0.4, -0.2) is 21.0 Å². The van der Waals surface area contributed by atoms with E-state index in [9.17, 15) is 4.79 Å². The fraction of sp³-hybridized carbons (Fsp3) is 0.321. The maximum atomic E-state index is 10.9. The summed E-state index contributed by atoms with van der Waals surface area (Å²) in [6, 6.07) is 11.4. The normalized spacial score (nSPS) is 11.8. The number of benzene rings is 1. The van der Waals surface area contributed by atoms with Crippen molar-refractivity contribution in [2.75, 3.05) is 0 Å². The van der Waals surface area contributed by atoms with Crippen LogP contribution in [0.25, 0.3) is 11.3 Å². The number of rotatable bonds is 13. The Morgan fingerprint density at radius 1 is 1.17 bits per heavy atom. The quantitative estimate of drug-likeness (QED) is 0.254. The molecule has 0 bridgehead atoms. The topological polar surface area (TPSA) is 84.3 Å². The SMILES string of the molecule is C/C=C(\C=C/CC(CC)CC)NCc1ccc(-c2csc(COc3ccc(C(=O)O)cn3)n2)cc1. The molecule has 2 N–H and O–H groups in total. The van der Waals surface area contributed by atoms with Crippen molar-refractivity contribution < 1.29 is 14.6 Å². The van der Waals surface area contributed by atoms with Crippen LogP contribution in [-0.2, 0) is 13.2 Å². The van der Waals surface area contributed by atoms with Crippen LogP contribution < -0.4 is 10.1 Å². The van der Waals surface area contributed by atoms with E-state index in [1.54, 1.807) is 6.07 Å². The number of allylic oxidation sites excluding steroid dienone is 3. The van der Waals surface area contributed by atoms with Crippen molar-refractivity contribution in [2.24, 2.45) is 5.92 Å². The average Bonchev–Trinajstić information content (AvgIpc) is 3.37. The minimum atomic E-state index is -1.01. The van der Waals surface area contributed by atoms with Gasteiger partial charge in [0.1, 0.15) is 11.6 Å². The second-order valence-electron chi connectivity index (χ2n) is 8.22. The summed E-state index contributed by atoms with van der Waals surface area (Å²) in [5.41, 5.74) is 4.42. The van der Waals surface area contributed by atoms with Gasteiger partial charge in [0.05, 0.1) is 11.3 Å². The molecule has 0 spiro atoms. The summed E-state index contributed by atoms with van der Waals surface area (Å²) in [5, 5.41) is 15.3. The standard InChI is InChI=1S/C28H33N3O3S/c1-4-20(5-2)8-7-9-24(6-3)29-16-21-10-12-22(13-11-21)25-19-35-27(31-25)18-34-26-15-14-23(17-30-26)28(32)33/h6-7,9-15,17,19-20,29H,4-5,8,16,18H2,1-3H3,(H,32,33)/b9-7-,24-6+. The molecule has 2 aromatic heterocycles. The highest BCUT2D eigenvalue weighted by molar-refractivity contribution is 7.09. The number of carbonyl (C=O) groups is 1. The molecule has 0 atom stereocenters. The lowest BCUT2D eigenvalue weighted by Gasteiger charge is -2.10. The van der Waals surface area contributed by atoms with E-state index in [0.29, 0.717) is 5.88 Å². The Morgan fingerprint density at radius 2 is 1.94 bits per heavy atom. The molecule has 1 aromatic carbocycles. The Bertz CT molecular complexity index is 1130. The number of hydrogen-bond donors (Lipinski definition) is 2. The van der Waals surface area contributed by atoms with Crippen molar-refractivity contribution in [1.29, 1.82) is 0 Å². The Balaban J connectivity index is 1.50. The van der Waals surface area contributed by atoms with Gasteiger partial charge in [-0.15, -0.1) is 11.3 Å². The van der Waals surface area contributed by atoms with Crippen LogP contribution in [0.1, 0.15) is 61.0 Å². The van der Waals surface area contributed by atoms with Crippen LogP contribution in [0.5, 0.6) is 5.88 Å². The lowest BCUT2D eigenvalue weighted by atomic mass is 9.99. The molecule has 3 aromatic rings. The fourth-order valence-corrected chi connectivity index (χ4v) is 4.22. The molecule has 0 aliphatic carbocycles. The minimum Gasteiger partial charge on any atom is -0.478 e. The van der Waals surface area contributed by atoms with Gasteiger partial charge in [0.25, 0.3) is 0 Å². The van der Waals surface area contributed by atoms with Gasteiger partial charge < -0.3 is 15.2 Å². The highest BCUT2D eigenvalue weighted by Crippen LogP contribution is 2.23. The maximum Gasteiger partial charge on any atom is 0.337 e. The van der Waals surface area contributed by atoms with Crippen molar-refractivity contribution in [3.63, 3.8) is 0 Å². The molecule has 0 saturated heterocycles. The highest BCUT2D eigenvalue weighted by Gasteiger charge is 2.08. The van der Waals surface area contributed by atoms with E-state index in [1.807, 2.05) is 5.38 Å². The third-order valence-electron chi connectivity index (χ3n) is 5.86. The summed E-state index contributed by atoms with van der Waals surface area (Å²) in [5.74, 6) is 0.119. The van der Waals surface area contributed by atoms with Gasteiger partial charge in [-0.3, -0.25) is 0 Å². The lowest BCUT2D eigenvalue weighted by Crippen LogP contribution is -2.11. The van der Waals surface area contributed by atoms with Gasteiger partial charge >= 0.3 is 5.97 Å². The Morgan fingerprint density at radius 3 is 2.57 bits per heavy atom. The Hall–Kier alpha value is -3.45. The minimum absolute atomic E-state index is 0.128. The molecule has 3 rings (SSSR count).